The second-order valence-corrected chi connectivity index (χ2v) is 6.91. The Morgan fingerprint density at radius 1 is 1.62 bits per heavy atom. The van der Waals surface area contributed by atoms with Crippen molar-refractivity contribution in [1.29, 1.82) is 0 Å². The maximum atomic E-state index is 5.58. The molecule has 0 bridgehead atoms. The molecule has 0 rings (SSSR count). The lowest BCUT2D eigenvalue weighted by Gasteiger charge is -2.11. The Hall–Kier alpha value is 1.54. The summed E-state index contributed by atoms with van der Waals surface area (Å²) < 4.78 is -0.768. The Kier molecular flexibility index (Phi) is 4.35. The zero-order chi connectivity index (χ0) is 6.78. The Morgan fingerprint density at radius 2 is 2.00 bits per heavy atom. The van der Waals surface area contributed by atoms with Crippen LogP contribution in [0.25, 0.3) is 0 Å². The first kappa shape index (κ1) is 9.54. The summed E-state index contributed by atoms with van der Waals surface area (Å²) in [6.45, 7) is 1.99. The molecule has 0 aliphatic heterocycles. The van der Waals surface area contributed by atoms with Crippen LogP contribution in [0.3, 0.4) is 0 Å². The number of hydrogen-bond donors (Lipinski definition) is 0. The normalized spacial score (nSPS) is 16.1. The van der Waals surface area contributed by atoms with Crippen LogP contribution < -0.4 is 0 Å². The quantitative estimate of drug-likeness (QED) is 0.679. The standard InChI is InChI=1S/C4H6Br2Cl2/c1-3(5)2-4(6,7)8/h3H,2H2,1H3. The third-order valence-corrected chi connectivity index (χ3v) is 1.47. The van der Waals surface area contributed by atoms with Crippen LogP contribution in [0.4, 0.5) is 0 Å². The summed E-state index contributed by atoms with van der Waals surface area (Å²) >= 11 is 17.6. The molecule has 0 aromatic rings. The van der Waals surface area contributed by atoms with Gasteiger partial charge in [0.2, 0.25) is 0 Å². The van der Waals surface area contributed by atoms with Gasteiger partial charge in [0, 0.05) is 11.2 Å². The topological polar surface area (TPSA) is 0 Å². The van der Waals surface area contributed by atoms with Gasteiger partial charge >= 0.3 is 0 Å². The number of alkyl halides is 4. The Balaban J connectivity index is 3.39. The van der Waals surface area contributed by atoms with E-state index >= 15 is 0 Å². The molecule has 8 heavy (non-hydrogen) atoms. The average Bonchev–Trinajstić information content (AvgIpc) is 1.21. The van der Waals surface area contributed by atoms with E-state index in [0.717, 1.165) is 0 Å². The summed E-state index contributed by atoms with van der Waals surface area (Å²) in [5.41, 5.74) is 0. The maximum Gasteiger partial charge on any atom is 0.173 e. The van der Waals surface area contributed by atoms with E-state index in [1.807, 2.05) is 6.92 Å². The van der Waals surface area contributed by atoms with Crippen LogP contribution in [0.15, 0.2) is 0 Å². The van der Waals surface area contributed by atoms with Gasteiger partial charge in [-0.05, 0) is 15.9 Å². The molecule has 1 unspecified atom stereocenters. The van der Waals surface area contributed by atoms with Crippen LogP contribution in [0.2, 0.25) is 0 Å². The van der Waals surface area contributed by atoms with Crippen molar-refractivity contribution in [2.24, 2.45) is 0 Å². The van der Waals surface area contributed by atoms with Crippen LogP contribution in [0.1, 0.15) is 13.3 Å². The van der Waals surface area contributed by atoms with Gasteiger partial charge in [0.15, 0.2) is 3.24 Å². The minimum Gasteiger partial charge on any atom is -0.0892 e. The van der Waals surface area contributed by atoms with Crippen molar-refractivity contribution in [3.05, 3.63) is 0 Å². The summed E-state index contributed by atoms with van der Waals surface area (Å²) in [7, 11) is 0. The van der Waals surface area contributed by atoms with Gasteiger partial charge in [0.05, 0.1) is 0 Å². The summed E-state index contributed by atoms with van der Waals surface area (Å²) in [5, 5.41) is 0. The molecular weight excluding hydrogens is 279 g/mol. The molecule has 0 fully saturated rings. The number of rotatable bonds is 2. The average molecular weight is 285 g/mol. The fourth-order valence-electron chi connectivity index (χ4n) is 0.319. The second kappa shape index (κ2) is 3.65. The van der Waals surface area contributed by atoms with Gasteiger partial charge in [0.25, 0.3) is 0 Å². The molecule has 0 saturated heterocycles. The minimum absolute atomic E-state index is 0.344. The Morgan fingerprint density at radius 3 is 2.00 bits per heavy atom. The molecule has 50 valence electrons. The van der Waals surface area contributed by atoms with Crippen molar-refractivity contribution in [1.82, 2.24) is 0 Å². The SMILES string of the molecule is CC(Br)CC(Cl)(Cl)Br. The smallest absolute Gasteiger partial charge is 0.0892 e. The number of halogens is 4. The molecule has 0 aliphatic rings. The lowest BCUT2D eigenvalue weighted by molar-refractivity contribution is 0.869. The van der Waals surface area contributed by atoms with E-state index in [9.17, 15) is 0 Å². The molecule has 0 heterocycles. The molecule has 0 radical (unpaired) electrons. The van der Waals surface area contributed by atoms with Gasteiger partial charge in [-0.25, -0.2) is 0 Å². The molecule has 0 nitrogen and oxygen atoms in total. The van der Waals surface area contributed by atoms with Gasteiger partial charge in [-0.3, -0.25) is 0 Å². The molecule has 0 saturated carbocycles. The molecule has 4 heteroatoms. The van der Waals surface area contributed by atoms with E-state index in [-0.39, 0.29) is 0 Å². The fraction of sp³-hybridized carbons (Fsp3) is 1.00. The highest BCUT2D eigenvalue weighted by Gasteiger charge is 2.20. The largest absolute Gasteiger partial charge is 0.173 e. The highest BCUT2D eigenvalue weighted by molar-refractivity contribution is 9.11. The van der Waals surface area contributed by atoms with E-state index in [0.29, 0.717) is 11.2 Å². The van der Waals surface area contributed by atoms with Gasteiger partial charge in [-0.15, -0.1) is 0 Å². The van der Waals surface area contributed by atoms with Gasteiger partial charge < -0.3 is 0 Å². The Bertz CT molecular complexity index is 66.9. The molecule has 0 aliphatic carbocycles. The van der Waals surface area contributed by atoms with Crippen molar-refractivity contribution in [3.8, 4) is 0 Å². The van der Waals surface area contributed by atoms with Crippen molar-refractivity contribution in [3.63, 3.8) is 0 Å². The fourth-order valence-corrected chi connectivity index (χ4v) is 2.56. The van der Waals surface area contributed by atoms with E-state index in [4.69, 9.17) is 23.2 Å². The first-order chi connectivity index (χ1) is 3.42. The predicted molar refractivity (Wildman–Crippen MR) is 46.4 cm³/mol. The maximum absolute atomic E-state index is 5.58. The van der Waals surface area contributed by atoms with E-state index < -0.39 is 3.24 Å². The summed E-state index contributed by atoms with van der Waals surface area (Å²) in [6.07, 6.45) is 0.691. The zero-order valence-electron chi connectivity index (χ0n) is 4.30. The zero-order valence-corrected chi connectivity index (χ0v) is 8.98. The van der Waals surface area contributed by atoms with Gasteiger partial charge in [0.1, 0.15) is 0 Å². The third kappa shape index (κ3) is 7.54. The summed E-state index contributed by atoms with van der Waals surface area (Å²) in [5.74, 6) is 0. The molecule has 0 spiro atoms. The first-order valence-electron chi connectivity index (χ1n) is 2.12. The van der Waals surface area contributed by atoms with Crippen molar-refractivity contribution < 1.29 is 0 Å². The second-order valence-electron chi connectivity index (χ2n) is 1.60. The Labute approximate surface area is 76.2 Å². The predicted octanol–water partition coefficient (Wildman–Crippen LogP) is 3.69. The highest BCUT2D eigenvalue weighted by Crippen LogP contribution is 2.35. The van der Waals surface area contributed by atoms with Crippen LogP contribution >= 0.6 is 55.1 Å². The van der Waals surface area contributed by atoms with E-state index in [1.54, 1.807) is 0 Å². The molecule has 0 aromatic carbocycles. The van der Waals surface area contributed by atoms with Gasteiger partial charge in [-0.1, -0.05) is 46.1 Å². The first-order valence-corrected chi connectivity index (χ1v) is 4.59. The summed E-state index contributed by atoms with van der Waals surface area (Å²) in [6, 6.07) is 0. The van der Waals surface area contributed by atoms with Crippen LogP contribution in [-0.4, -0.2) is 8.07 Å². The van der Waals surface area contributed by atoms with Gasteiger partial charge in [-0.2, -0.15) is 0 Å². The third-order valence-electron chi connectivity index (χ3n) is 0.513. The lowest BCUT2D eigenvalue weighted by atomic mass is 10.4. The molecule has 1 atom stereocenters. The van der Waals surface area contributed by atoms with Crippen LogP contribution in [0, 0.1) is 0 Å². The van der Waals surface area contributed by atoms with E-state index in [1.165, 1.54) is 0 Å². The van der Waals surface area contributed by atoms with Crippen molar-refractivity contribution >= 4 is 55.1 Å². The molecule has 0 amide bonds. The van der Waals surface area contributed by atoms with Crippen LogP contribution in [-0.2, 0) is 0 Å². The number of hydrogen-bond acceptors (Lipinski definition) is 0. The van der Waals surface area contributed by atoms with Crippen molar-refractivity contribution in [2.75, 3.05) is 0 Å². The highest BCUT2D eigenvalue weighted by atomic mass is 79.9. The van der Waals surface area contributed by atoms with E-state index in [2.05, 4.69) is 31.9 Å². The van der Waals surface area contributed by atoms with Crippen LogP contribution in [0.5, 0.6) is 0 Å². The van der Waals surface area contributed by atoms with Crippen molar-refractivity contribution in [2.45, 2.75) is 21.4 Å². The molecular formula is C4H6Br2Cl2. The monoisotopic (exact) mass is 282 g/mol. The molecule has 0 aromatic heterocycles. The molecule has 0 N–H and O–H groups in total. The minimum atomic E-state index is -0.768. The summed E-state index contributed by atoms with van der Waals surface area (Å²) in [4.78, 5) is 0.344. The lowest BCUT2D eigenvalue weighted by Crippen LogP contribution is -2.06.